The first-order valence-corrected chi connectivity index (χ1v) is 7.30. The molecule has 1 unspecified atom stereocenters. The largest absolute Gasteiger partial charge is 0.454 e. The number of hydrogen-bond acceptors (Lipinski definition) is 4. The lowest BCUT2D eigenvalue weighted by Crippen LogP contribution is -2.26. The molecule has 1 amide bonds. The van der Waals surface area contributed by atoms with E-state index in [9.17, 15) is 4.79 Å². The average molecular weight is 298 g/mol. The van der Waals surface area contributed by atoms with Gasteiger partial charge in [-0.1, -0.05) is 6.07 Å². The van der Waals surface area contributed by atoms with Crippen molar-refractivity contribution in [3.8, 4) is 11.5 Å². The molecule has 5 heteroatoms. The number of carbonyl (C=O) groups excluding carboxylic acids is 1. The minimum Gasteiger partial charge on any atom is -0.454 e. The summed E-state index contributed by atoms with van der Waals surface area (Å²) in [6.07, 6.45) is 4.57. The number of nitrogens with zero attached hydrogens (tertiary/aromatic N) is 1. The van der Waals surface area contributed by atoms with Crippen molar-refractivity contribution in [2.75, 3.05) is 6.79 Å². The van der Waals surface area contributed by atoms with Gasteiger partial charge in [-0.3, -0.25) is 9.78 Å². The van der Waals surface area contributed by atoms with Crippen molar-refractivity contribution in [3.05, 3.63) is 53.9 Å². The quantitative estimate of drug-likeness (QED) is 0.922. The van der Waals surface area contributed by atoms with Crippen LogP contribution in [0.1, 0.15) is 30.5 Å². The minimum absolute atomic E-state index is 0.0211. The topological polar surface area (TPSA) is 60.5 Å². The molecule has 0 fully saturated rings. The van der Waals surface area contributed by atoms with Crippen LogP contribution in [-0.2, 0) is 11.2 Å². The summed E-state index contributed by atoms with van der Waals surface area (Å²) in [6, 6.07) is 9.57. The van der Waals surface area contributed by atoms with E-state index in [1.807, 2.05) is 37.3 Å². The van der Waals surface area contributed by atoms with E-state index in [1.165, 1.54) is 0 Å². The normalized spacial score (nSPS) is 13.7. The summed E-state index contributed by atoms with van der Waals surface area (Å²) in [6.45, 7) is 2.23. The second-order valence-corrected chi connectivity index (χ2v) is 5.26. The zero-order valence-corrected chi connectivity index (χ0v) is 12.4. The van der Waals surface area contributed by atoms with Crippen LogP contribution in [0.3, 0.4) is 0 Å². The Hall–Kier alpha value is -2.56. The number of ether oxygens (including phenoxy) is 2. The summed E-state index contributed by atoms with van der Waals surface area (Å²) in [5.74, 6) is 1.55. The molecule has 1 aromatic carbocycles. The SMILES string of the molecule is CC(NC(=O)CCc1ccc2c(c1)OCO2)c1ccncc1. The Morgan fingerprint density at radius 3 is 2.82 bits per heavy atom. The van der Waals surface area contributed by atoms with Gasteiger partial charge in [-0.2, -0.15) is 0 Å². The molecule has 3 rings (SSSR count). The number of rotatable bonds is 5. The molecule has 0 saturated heterocycles. The van der Waals surface area contributed by atoms with Crippen LogP contribution < -0.4 is 14.8 Å². The van der Waals surface area contributed by atoms with E-state index in [0.717, 1.165) is 22.6 Å². The lowest BCUT2D eigenvalue weighted by atomic mass is 10.1. The fourth-order valence-corrected chi connectivity index (χ4v) is 2.40. The van der Waals surface area contributed by atoms with Gasteiger partial charge in [0.1, 0.15) is 0 Å². The molecular weight excluding hydrogens is 280 g/mol. The summed E-state index contributed by atoms with van der Waals surface area (Å²) in [7, 11) is 0. The molecule has 1 atom stereocenters. The Bertz CT molecular complexity index is 658. The first kappa shape index (κ1) is 14.4. The zero-order chi connectivity index (χ0) is 15.4. The van der Waals surface area contributed by atoms with Gasteiger partial charge in [-0.15, -0.1) is 0 Å². The third-order valence-corrected chi connectivity index (χ3v) is 3.66. The average Bonchev–Trinajstić information content (AvgIpc) is 3.01. The number of hydrogen-bond donors (Lipinski definition) is 1. The van der Waals surface area contributed by atoms with Crippen molar-refractivity contribution in [1.29, 1.82) is 0 Å². The molecule has 0 spiro atoms. The minimum atomic E-state index is -0.0211. The van der Waals surface area contributed by atoms with Crippen LogP contribution in [0.2, 0.25) is 0 Å². The van der Waals surface area contributed by atoms with Crippen LogP contribution in [0.4, 0.5) is 0 Å². The second-order valence-electron chi connectivity index (χ2n) is 5.26. The van der Waals surface area contributed by atoms with Crippen LogP contribution in [0.25, 0.3) is 0 Å². The summed E-state index contributed by atoms with van der Waals surface area (Å²) >= 11 is 0. The number of fused-ring (bicyclic) bond motifs is 1. The van der Waals surface area contributed by atoms with Gasteiger partial charge in [-0.25, -0.2) is 0 Å². The number of nitrogens with one attached hydrogen (secondary N) is 1. The smallest absolute Gasteiger partial charge is 0.231 e. The molecule has 0 aliphatic carbocycles. The predicted octanol–water partition coefficient (Wildman–Crippen LogP) is 2.62. The molecule has 0 radical (unpaired) electrons. The summed E-state index contributed by atoms with van der Waals surface area (Å²) in [5, 5.41) is 3.00. The Morgan fingerprint density at radius 2 is 2.00 bits per heavy atom. The molecule has 0 bridgehead atoms. The van der Waals surface area contributed by atoms with Gasteiger partial charge in [0.05, 0.1) is 6.04 Å². The molecule has 1 aliphatic heterocycles. The highest BCUT2D eigenvalue weighted by atomic mass is 16.7. The van der Waals surface area contributed by atoms with E-state index in [-0.39, 0.29) is 18.7 Å². The van der Waals surface area contributed by atoms with Crippen LogP contribution in [0, 0.1) is 0 Å². The standard InChI is InChI=1S/C17H18N2O3/c1-12(14-6-8-18-9-7-14)19-17(20)5-3-13-2-4-15-16(10-13)22-11-21-15/h2,4,6-10,12H,3,5,11H2,1H3,(H,19,20). The van der Waals surface area contributed by atoms with E-state index in [2.05, 4.69) is 10.3 Å². The van der Waals surface area contributed by atoms with Gasteiger partial charge < -0.3 is 14.8 Å². The molecule has 0 saturated carbocycles. The molecule has 114 valence electrons. The Morgan fingerprint density at radius 1 is 1.23 bits per heavy atom. The molecule has 22 heavy (non-hydrogen) atoms. The van der Waals surface area contributed by atoms with Gasteiger partial charge in [0, 0.05) is 18.8 Å². The maximum Gasteiger partial charge on any atom is 0.231 e. The molecule has 2 heterocycles. The van der Waals surface area contributed by atoms with E-state index in [0.29, 0.717) is 12.8 Å². The van der Waals surface area contributed by atoms with Crippen molar-refractivity contribution < 1.29 is 14.3 Å². The van der Waals surface area contributed by atoms with E-state index in [1.54, 1.807) is 12.4 Å². The maximum absolute atomic E-state index is 12.1. The third kappa shape index (κ3) is 3.36. The fraction of sp³-hybridized carbons (Fsp3) is 0.294. The van der Waals surface area contributed by atoms with E-state index >= 15 is 0 Å². The highest BCUT2D eigenvalue weighted by Crippen LogP contribution is 2.32. The lowest BCUT2D eigenvalue weighted by Gasteiger charge is -2.14. The van der Waals surface area contributed by atoms with Crippen LogP contribution in [0.15, 0.2) is 42.7 Å². The number of benzene rings is 1. The van der Waals surface area contributed by atoms with E-state index < -0.39 is 0 Å². The number of carbonyl (C=O) groups is 1. The molecular formula is C17H18N2O3. The Labute approximate surface area is 129 Å². The first-order chi connectivity index (χ1) is 10.7. The van der Waals surface area contributed by atoms with Crippen molar-refractivity contribution in [1.82, 2.24) is 10.3 Å². The van der Waals surface area contributed by atoms with E-state index in [4.69, 9.17) is 9.47 Å². The van der Waals surface area contributed by atoms with Crippen molar-refractivity contribution >= 4 is 5.91 Å². The molecule has 1 N–H and O–H groups in total. The van der Waals surface area contributed by atoms with Crippen LogP contribution in [0.5, 0.6) is 11.5 Å². The summed E-state index contributed by atoms with van der Waals surface area (Å²) in [4.78, 5) is 16.0. The monoisotopic (exact) mass is 298 g/mol. The number of amides is 1. The van der Waals surface area contributed by atoms with Crippen LogP contribution >= 0.6 is 0 Å². The number of aryl methyl sites for hydroxylation is 1. The van der Waals surface area contributed by atoms with Gasteiger partial charge in [0.15, 0.2) is 11.5 Å². The third-order valence-electron chi connectivity index (χ3n) is 3.66. The maximum atomic E-state index is 12.1. The molecule has 2 aromatic rings. The fourth-order valence-electron chi connectivity index (χ4n) is 2.40. The van der Waals surface area contributed by atoms with Crippen molar-refractivity contribution in [2.24, 2.45) is 0 Å². The van der Waals surface area contributed by atoms with Gasteiger partial charge in [-0.05, 0) is 48.7 Å². The number of pyridine rings is 1. The predicted molar refractivity (Wildman–Crippen MR) is 81.7 cm³/mol. The Kier molecular flexibility index (Phi) is 4.23. The summed E-state index contributed by atoms with van der Waals surface area (Å²) in [5.41, 5.74) is 2.11. The highest BCUT2D eigenvalue weighted by molar-refractivity contribution is 5.76. The first-order valence-electron chi connectivity index (χ1n) is 7.30. The second kappa shape index (κ2) is 6.47. The van der Waals surface area contributed by atoms with Crippen LogP contribution in [-0.4, -0.2) is 17.7 Å². The highest BCUT2D eigenvalue weighted by Gasteiger charge is 2.14. The molecule has 5 nitrogen and oxygen atoms in total. The molecule has 1 aliphatic rings. The zero-order valence-electron chi connectivity index (χ0n) is 12.4. The Balaban J connectivity index is 1.52. The van der Waals surface area contributed by atoms with Gasteiger partial charge in [0.2, 0.25) is 12.7 Å². The van der Waals surface area contributed by atoms with Crippen molar-refractivity contribution in [2.45, 2.75) is 25.8 Å². The lowest BCUT2D eigenvalue weighted by molar-refractivity contribution is -0.121. The van der Waals surface area contributed by atoms with Gasteiger partial charge in [0.25, 0.3) is 0 Å². The van der Waals surface area contributed by atoms with Gasteiger partial charge >= 0.3 is 0 Å². The number of aromatic nitrogens is 1. The van der Waals surface area contributed by atoms with Crippen molar-refractivity contribution in [3.63, 3.8) is 0 Å². The molecule has 1 aromatic heterocycles. The summed E-state index contributed by atoms with van der Waals surface area (Å²) < 4.78 is 10.6.